The van der Waals surface area contributed by atoms with Crippen LogP contribution in [0.2, 0.25) is 0 Å². The van der Waals surface area contributed by atoms with Gasteiger partial charge in [0.15, 0.2) is 0 Å². The first-order valence-electron chi connectivity index (χ1n) is 14.9. The summed E-state index contributed by atoms with van der Waals surface area (Å²) >= 11 is 0. The van der Waals surface area contributed by atoms with Crippen LogP contribution in [0.3, 0.4) is 0 Å². The van der Waals surface area contributed by atoms with Crippen molar-refractivity contribution in [3.05, 3.63) is 12.2 Å². The lowest BCUT2D eigenvalue weighted by Crippen LogP contribution is -2.59. The van der Waals surface area contributed by atoms with Crippen LogP contribution in [0.1, 0.15) is 97.8 Å². The third-order valence-electron chi connectivity index (χ3n) is 8.23. The van der Waals surface area contributed by atoms with Crippen molar-refractivity contribution < 1.29 is 32.3 Å². The van der Waals surface area contributed by atoms with Gasteiger partial charge in [0.1, 0.15) is 23.2 Å². The minimum atomic E-state index is -4.11. The monoisotopic (exact) mass is 595 g/mol. The molecule has 230 valence electrons. The van der Waals surface area contributed by atoms with E-state index in [1.807, 2.05) is 12.2 Å². The number of amides is 4. The first-order valence-corrected chi connectivity index (χ1v) is 16.4. The fraction of sp³-hybridized carbons (Fsp3) is 0.786. The fourth-order valence-electron chi connectivity index (χ4n) is 6.05. The second-order valence-corrected chi connectivity index (χ2v) is 14.2. The summed E-state index contributed by atoms with van der Waals surface area (Å²) in [7, 11) is -4.11. The zero-order chi connectivity index (χ0) is 29.8. The summed E-state index contributed by atoms with van der Waals surface area (Å²) in [5.41, 5.74) is -2.14. The number of hydrogen-bond acceptors (Lipinski definition) is 7. The molecule has 4 amide bonds. The Morgan fingerprint density at radius 3 is 2.44 bits per heavy atom. The zero-order valence-electron chi connectivity index (χ0n) is 24.4. The SMILES string of the molecule is CC(C)(C)OC(=O)N[C@H]1CCCCC/C=C\[C@@H]2C[C@@]2(C(=O)NS(=O)(=O)NC2CCCC2)NC(=O)[C@@H]2CCCN2C1=O. The summed E-state index contributed by atoms with van der Waals surface area (Å²) in [6.07, 6.45) is 11.2. The van der Waals surface area contributed by atoms with Gasteiger partial charge in [-0.05, 0) is 72.1 Å². The van der Waals surface area contributed by atoms with E-state index in [0.717, 1.165) is 44.9 Å². The molecule has 4 aliphatic rings. The lowest BCUT2D eigenvalue weighted by molar-refractivity contribution is -0.141. The molecule has 2 heterocycles. The van der Waals surface area contributed by atoms with Crippen molar-refractivity contribution in [3.8, 4) is 0 Å². The first-order chi connectivity index (χ1) is 19.3. The Labute approximate surface area is 242 Å². The number of alkyl carbamates (subject to hydrolysis) is 1. The smallest absolute Gasteiger partial charge is 0.408 e. The molecule has 1 saturated heterocycles. The molecule has 13 heteroatoms. The van der Waals surface area contributed by atoms with E-state index in [0.29, 0.717) is 32.2 Å². The van der Waals surface area contributed by atoms with Gasteiger partial charge in [0.25, 0.3) is 5.91 Å². The maximum atomic E-state index is 13.7. The van der Waals surface area contributed by atoms with Crippen LogP contribution in [-0.2, 0) is 29.3 Å². The third-order valence-corrected chi connectivity index (χ3v) is 9.33. The molecule has 0 bridgehead atoms. The Balaban J connectivity index is 1.51. The molecule has 0 aromatic heterocycles. The maximum absolute atomic E-state index is 13.7. The van der Waals surface area contributed by atoms with Gasteiger partial charge in [0, 0.05) is 18.5 Å². The van der Waals surface area contributed by atoms with Gasteiger partial charge in [0.05, 0.1) is 0 Å². The minimum absolute atomic E-state index is 0.212. The molecule has 12 nitrogen and oxygen atoms in total. The Morgan fingerprint density at radius 1 is 1.02 bits per heavy atom. The zero-order valence-corrected chi connectivity index (χ0v) is 25.2. The van der Waals surface area contributed by atoms with Crippen molar-refractivity contribution >= 4 is 34.0 Å². The summed E-state index contributed by atoms with van der Waals surface area (Å²) in [5, 5.41) is 5.54. The molecule has 0 radical (unpaired) electrons. The normalized spacial score (nSPS) is 30.7. The molecule has 0 unspecified atom stereocenters. The van der Waals surface area contributed by atoms with E-state index in [2.05, 4.69) is 20.1 Å². The van der Waals surface area contributed by atoms with Gasteiger partial charge < -0.3 is 20.3 Å². The molecule has 2 aliphatic carbocycles. The van der Waals surface area contributed by atoms with Gasteiger partial charge >= 0.3 is 16.3 Å². The van der Waals surface area contributed by atoms with Crippen LogP contribution in [0.4, 0.5) is 4.79 Å². The largest absolute Gasteiger partial charge is 0.444 e. The van der Waals surface area contributed by atoms with E-state index in [4.69, 9.17) is 4.74 Å². The average Bonchev–Trinajstić information content (AvgIpc) is 3.20. The summed E-state index contributed by atoms with van der Waals surface area (Å²) in [5.74, 6) is -2.01. The molecular formula is C28H45N5O7S. The van der Waals surface area contributed by atoms with E-state index >= 15 is 0 Å². The first kappa shape index (κ1) is 31.3. The number of hydrogen-bond donors (Lipinski definition) is 4. The van der Waals surface area contributed by atoms with E-state index in [-0.39, 0.29) is 24.3 Å². The lowest BCUT2D eigenvalue weighted by atomic mass is 10.0. The molecule has 0 aromatic carbocycles. The number of nitrogens with zero attached hydrogens (tertiary/aromatic N) is 1. The highest BCUT2D eigenvalue weighted by Crippen LogP contribution is 2.45. The summed E-state index contributed by atoms with van der Waals surface area (Å²) < 4.78 is 35.6. The van der Waals surface area contributed by atoms with E-state index < -0.39 is 51.3 Å². The Bertz CT molecular complexity index is 1140. The maximum Gasteiger partial charge on any atom is 0.408 e. The molecular weight excluding hydrogens is 550 g/mol. The predicted molar refractivity (Wildman–Crippen MR) is 152 cm³/mol. The van der Waals surface area contributed by atoms with Crippen LogP contribution in [0.15, 0.2) is 12.2 Å². The second-order valence-electron chi connectivity index (χ2n) is 12.8. The van der Waals surface area contributed by atoms with Crippen molar-refractivity contribution in [1.82, 2.24) is 25.0 Å². The van der Waals surface area contributed by atoms with Gasteiger partial charge in [-0.25, -0.2) is 9.52 Å². The average molecular weight is 596 g/mol. The molecule has 3 fully saturated rings. The molecule has 0 aromatic rings. The fourth-order valence-corrected chi connectivity index (χ4v) is 7.21. The standard InChI is InChI=1S/C28H45N5O7S/c1-27(2,3)40-26(37)29-21-15-8-6-4-5-7-12-19-18-28(19,30-23(34)22-16-11-17-33(22)24(21)35)25(36)32-41(38,39)31-20-13-9-10-14-20/h7,12,19-22,31H,4-6,8-11,13-18H2,1-3H3,(H,29,37)(H,30,34)(H,32,36)/b12-7-/t19-,21+,22+,28-/m1/s1. The van der Waals surface area contributed by atoms with Crippen molar-refractivity contribution in [2.45, 2.75) is 127 Å². The minimum Gasteiger partial charge on any atom is -0.444 e. The van der Waals surface area contributed by atoms with Crippen molar-refractivity contribution in [1.29, 1.82) is 0 Å². The number of carbonyl (C=O) groups excluding carboxylic acids is 4. The quantitative estimate of drug-likeness (QED) is 0.354. The topological polar surface area (TPSA) is 163 Å². The third kappa shape index (κ3) is 8.21. The van der Waals surface area contributed by atoms with E-state index in [1.165, 1.54) is 4.90 Å². The van der Waals surface area contributed by atoms with Crippen LogP contribution in [-0.4, -0.2) is 72.9 Å². The second kappa shape index (κ2) is 12.7. The van der Waals surface area contributed by atoms with Gasteiger partial charge in [0.2, 0.25) is 11.8 Å². The Hall–Kier alpha value is -2.67. The van der Waals surface area contributed by atoms with Gasteiger partial charge in [-0.2, -0.15) is 13.1 Å². The molecule has 41 heavy (non-hydrogen) atoms. The Kier molecular flexibility index (Phi) is 9.67. The van der Waals surface area contributed by atoms with Crippen molar-refractivity contribution in [2.24, 2.45) is 5.92 Å². The number of carbonyl (C=O) groups is 4. The van der Waals surface area contributed by atoms with Gasteiger partial charge in [-0.15, -0.1) is 0 Å². The van der Waals surface area contributed by atoms with Crippen LogP contribution < -0.4 is 20.1 Å². The summed E-state index contributed by atoms with van der Waals surface area (Å²) in [4.78, 5) is 54.7. The number of fused-ring (bicyclic) bond motifs is 2. The highest BCUT2D eigenvalue weighted by Gasteiger charge is 2.61. The van der Waals surface area contributed by atoms with Gasteiger partial charge in [-0.3, -0.25) is 14.4 Å². The van der Waals surface area contributed by atoms with Crippen molar-refractivity contribution in [2.75, 3.05) is 6.54 Å². The van der Waals surface area contributed by atoms with E-state index in [1.54, 1.807) is 20.8 Å². The molecule has 4 atom stereocenters. The van der Waals surface area contributed by atoms with Crippen LogP contribution in [0, 0.1) is 5.92 Å². The molecule has 0 spiro atoms. The summed E-state index contributed by atoms with van der Waals surface area (Å²) in [6, 6.07) is -1.90. The molecule has 2 saturated carbocycles. The molecule has 4 rings (SSSR count). The molecule has 4 N–H and O–H groups in total. The van der Waals surface area contributed by atoms with Crippen molar-refractivity contribution in [3.63, 3.8) is 0 Å². The number of ether oxygens (including phenoxy) is 1. The van der Waals surface area contributed by atoms with Crippen LogP contribution in [0.25, 0.3) is 0 Å². The molecule has 2 aliphatic heterocycles. The highest BCUT2D eigenvalue weighted by molar-refractivity contribution is 7.88. The highest BCUT2D eigenvalue weighted by atomic mass is 32.2. The lowest BCUT2D eigenvalue weighted by Gasteiger charge is -2.30. The number of rotatable bonds is 5. The Morgan fingerprint density at radius 2 is 1.73 bits per heavy atom. The number of nitrogens with one attached hydrogen (secondary N) is 4. The van der Waals surface area contributed by atoms with Crippen LogP contribution >= 0.6 is 0 Å². The predicted octanol–water partition coefficient (Wildman–Crippen LogP) is 2.16. The van der Waals surface area contributed by atoms with Gasteiger partial charge in [-0.1, -0.05) is 37.8 Å². The number of allylic oxidation sites excluding steroid dienone is 1. The van der Waals surface area contributed by atoms with Crippen LogP contribution in [0.5, 0.6) is 0 Å². The van der Waals surface area contributed by atoms with E-state index in [9.17, 15) is 27.6 Å². The summed E-state index contributed by atoms with van der Waals surface area (Å²) in [6.45, 7) is 5.57.